The van der Waals surface area contributed by atoms with Crippen LogP contribution in [0, 0.1) is 5.41 Å². The summed E-state index contributed by atoms with van der Waals surface area (Å²) in [5, 5.41) is 7.40. The summed E-state index contributed by atoms with van der Waals surface area (Å²) in [5.74, 6) is 0.00858. The lowest BCUT2D eigenvalue weighted by molar-refractivity contribution is -0.139. The standard InChI is InChI=1S/C16H16N2O2/c1-16(20-11-19,13-5-3-2-4-6-13)14-9-7-12(8-10-14)15(17)18/h2-11H,1H3,(H3,17,18). The average Bonchev–Trinajstić information content (AvgIpc) is 2.48. The van der Waals surface area contributed by atoms with Gasteiger partial charge in [-0.25, -0.2) is 0 Å². The number of hydrogen-bond acceptors (Lipinski definition) is 3. The van der Waals surface area contributed by atoms with Gasteiger partial charge < -0.3 is 10.5 Å². The largest absolute Gasteiger partial charge is 0.452 e. The first-order chi connectivity index (χ1) is 9.58. The van der Waals surface area contributed by atoms with Gasteiger partial charge in [0.25, 0.3) is 6.47 Å². The Labute approximate surface area is 117 Å². The highest BCUT2D eigenvalue weighted by atomic mass is 16.5. The number of benzene rings is 2. The van der Waals surface area contributed by atoms with Crippen molar-refractivity contribution in [3.8, 4) is 0 Å². The Morgan fingerprint density at radius 1 is 1.10 bits per heavy atom. The minimum absolute atomic E-state index is 0.00858. The smallest absolute Gasteiger partial charge is 0.294 e. The fourth-order valence-electron chi connectivity index (χ4n) is 2.12. The van der Waals surface area contributed by atoms with E-state index in [0.29, 0.717) is 12.0 Å². The second-order valence-corrected chi connectivity index (χ2v) is 4.60. The predicted molar refractivity (Wildman–Crippen MR) is 77.5 cm³/mol. The number of nitrogen functional groups attached to an aromatic ring is 1. The highest BCUT2D eigenvalue weighted by Gasteiger charge is 2.30. The molecule has 0 aliphatic heterocycles. The minimum Gasteiger partial charge on any atom is -0.452 e. The summed E-state index contributed by atoms with van der Waals surface area (Å²) < 4.78 is 5.34. The monoisotopic (exact) mass is 268 g/mol. The maximum atomic E-state index is 10.9. The molecule has 0 saturated carbocycles. The molecule has 20 heavy (non-hydrogen) atoms. The van der Waals surface area contributed by atoms with Crippen molar-refractivity contribution in [2.75, 3.05) is 0 Å². The molecule has 0 aliphatic rings. The Morgan fingerprint density at radius 2 is 1.65 bits per heavy atom. The molecule has 0 saturated heterocycles. The van der Waals surface area contributed by atoms with Crippen LogP contribution >= 0.6 is 0 Å². The lowest BCUT2D eigenvalue weighted by atomic mass is 9.87. The lowest BCUT2D eigenvalue weighted by Gasteiger charge is -2.29. The van der Waals surface area contributed by atoms with Crippen LogP contribution in [0.4, 0.5) is 0 Å². The number of carbonyl (C=O) groups is 1. The van der Waals surface area contributed by atoms with Gasteiger partial charge in [0.15, 0.2) is 5.60 Å². The van der Waals surface area contributed by atoms with Crippen molar-refractivity contribution >= 4 is 12.3 Å². The van der Waals surface area contributed by atoms with Crippen LogP contribution in [-0.2, 0) is 15.1 Å². The molecule has 4 nitrogen and oxygen atoms in total. The molecule has 1 atom stereocenters. The van der Waals surface area contributed by atoms with E-state index in [1.807, 2.05) is 49.4 Å². The van der Waals surface area contributed by atoms with Gasteiger partial charge in [-0.15, -0.1) is 0 Å². The van der Waals surface area contributed by atoms with Crippen molar-refractivity contribution in [1.29, 1.82) is 5.41 Å². The molecule has 2 rings (SSSR count). The molecule has 1 unspecified atom stereocenters. The van der Waals surface area contributed by atoms with E-state index in [2.05, 4.69) is 0 Å². The van der Waals surface area contributed by atoms with Crippen LogP contribution in [0.5, 0.6) is 0 Å². The molecule has 3 N–H and O–H groups in total. The minimum atomic E-state index is -0.863. The van der Waals surface area contributed by atoms with Crippen LogP contribution < -0.4 is 5.73 Å². The number of nitrogens with one attached hydrogen (secondary N) is 1. The van der Waals surface area contributed by atoms with Crippen LogP contribution in [0.15, 0.2) is 54.6 Å². The van der Waals surface area contributed by atoms with Gasteiger partial charge in [0.05, 0.1) is 0 Å². The molecule has 102 valence electrons. The van der Waals surface area contributed by atoms with Gasteiger partial charge in [-0.1, -0.05) is 54.6 Å². The van der Waals surface area contributed by atoms with Crippen LogP contribution in [0.1, 0.15) is 23.6 Å². The highest BCUT2D eigenvalue weighted by molar-refractivity contribution is 5.94. The van der Waals surface area contributed by atoms with Crippen LogP contribution in [0.25, 0.3) is 0 Å². The summed E-state index contributed by atoms with van der Waals surface area (Å²) in [5.41, 5.74) is 6.91. The molecule has 2 aromatic carbocycles. The first-order valence-electron chi connectivity index (χ1n) is 6.20. The molecule has 0 spiro atoms. The zero-order chi connectivity index (χ0) is 14.6. The van der Waals surface area contributed by atoms with Crippen molar-refractivity contribution in [3.05, 3.63) is 71.3 Å². The molecular weight excluding hydrogens is 252 g/mol. The Bertz CT molecular complexity index is 608. The zero-order valence-corrected chi connectivity index (χ0v) is 11.2. The molecule has 2 aromatic rings. The fourth-order valence-corrected chi connectivity index (χ4v) is 2.12. The van der Waals surface area contributed by atoms with Crippen LogP contribution in [-0.4, -0.2) is 12.3 Å². The summed E-state index contributed by atoms with van der Waals surface area (Å²) in [6, 6.07) is 16.6. The van der Waals surface area contributed by atoms with Gasteiger partial charge in [0.2, 0.25) is 0 Å². The van der Waals surface area contributed by atoms with E-state index in [1.165, 1.54) is 0 Å². The van der Waals surface area contributed by atoms with E-state index in [-0.39, 0.29) is 5.84 Å². The van der Waals surface area contributed by atoms with Crippen molar-refractivity contribution in [2.45, 2.75) is 12.5 Å². The van der Waals surface area contributed by atoms with Gasteiger partial charge in [0, 0.05) is 5.56 Å². The van der Waals surface area contributed by atoms with E-state index < -0.39 is 5.60 Å². The first-order valence-corrected chi connectivity index (χ1v) is 6.20. The van der Waals surface area contributed by atoms with E-state index >= 15 is 0 Å². The van der Waals surface area contributed by atoms with Crippen molar-refractivity contribution in [3.63, 3.8) is 0 Å². The van der Waals surface area contributed by atoms with E-state index in [9.17, 15) is 4.79 Å². The van der Waals surface area contributed by atoms with Gasteiger partial charge in [-0.3, -0.25) is 10.2 Å². The SMILES string of the molecule is CC(OC=O)(c1ccccc1)c1ccc(C(=N)N)cc1. The molecule has 0 bridgehead atoms. The Balaban J connectivity index is 2.47. The summed E-state index contributed by atoms with van der Waals surface area (Å²) in [7, 11) is 0. The summed E-state index contributed by atoms with van der Waals surface area (Å²) in [6.07, 6.45) is 0. The maximum absolute atomic E-state index is 10.9. The average molecular weight is 268 g/mol. The van der Waals surface area contributed by atoms with E-state index in [0.717, 1.165) is 11.1 Å². The maximum Gasteiger partial charge on any atom is 0.294 e. The van der Waals surface area contributed by atoms with E-state index in [1.54, 1.807) is 12.1 Å². The normalized spacial score (nSPS) is 13.2. The van der Waals surface area contributed by atoms with Crippen LogP contribution in [0.3, 0.4) is 0 Å². The number of amidine groups is 1. The predicted octanol–water partition coefficient (Wildman–Crippen LogP) is 2.41. The first kappa shape index (κ1) is 13.8. The van der Waals surface area contributed by atoms with Crippen molar-refractivity contribution in [2.24, 2.45) is 5.73 Å². The molecule has 0 aromatic heterocycles. The lowest BCUT2D eigenvalue weighted by Crippen LogP contribution is -2.27. The topological polar surface area (TPSA) is 76.2 Å². The zero-order valence-electron chi connectivity index (χ0n) is 11.2. The highest BCUT2D eigenvalue weighted by Crippen LogP contribution is 2.32. The Hall–Kier alpha value is -2.62. The number of carbonyl (C=O) groups excluding carboxylic acids is 1. The van der Waals surface area contributed by atoms with Gasteiger partial charge in [-0.05, 0) is 18.1 Å². The number of ether oxygens (including phenoxy) is 1. The van der Waals surface area contributed by atoms with Gasteiger partial charge in [0.1, 0.15) is 5.84 Å². The molecule has 0 fully saturated rings. The van der Waals surface area contributed by atoms with Gasteiger partial charge in [-0.2, -0.15) is 0 Å². The van der Waals surface area contributed by atoms with Crippen molar-refractivity contribution < 1.29 is 9.53 Å². The second-order valence-electron chi connectivity index (χ2n) is 4.60. The number of rotatable bonds is 5. The molecule has 0 radical (unpaired) electrons. The third-order valence-corrected chi connectivity index (χ3v) is 3.36. The molecular formula is C16H16N2O2. The Morgan fingerprint density at radius 3 is 2.15 bits per heavy atom. The van der Waals surface area contributed by atoms with Gasteiger partial charge >= 0.3 is 0 Å². The third kappa shape index (κ3) is 2.54. The van der Waals surface area contributed by atoms with E-state index in [4.69, 9.17) is 15.9 Å². The summed E-state index contributed by atoms with van der Waals surface area (Å²) in [6.45, 7) is 2.28. The third-order valence-electron chi connectivity index (χ3n) is 3.36. The summed E-state index contributed by atoms with van der Waals surface area (Å²) in [4.78, 5) is 10.9. The summed E-state index contributed by atoms with van der Waals surface area (Å²) >= 11 is 0. The molecule has 0 aliphatic carbocycles. The fraction of sp³-hybridized carbons (Fsp3) is 0.125. The van der Waals surface area contributed by atoms with Crippen LogP contribution in [0.2, 0.25) is 0 Å². The molecule has 0 heterocycles. The Kier molecular flexibility index (Phi) is 3.84. The number of hydrogen-bond donors (Lipinski definition) is 2. The molecule has 0 amide bonds. The second kappa shape index (κ2) is 5.57. The van der Waals surface area contributed by atoms with Crippen molar-refractivity contribution in [1.82, 2.24) is 0 Å². The quantitative estimate of drug-likeness (QED) is 0.496. The molecule has 4 heteroatoms. The number of nitrogens with two attached hydrogens (primary N) is 1.